The molecule has 0 saturated carbocycles. The van der Waals surface area contributed by atoms with Crippen molar-refractivity contribution in [3.05, 3.63) is 75.3 Å². The molecule has 11 heteroatoms. The molecule has 5 rings (SSSR count). The third kappa shape index (κ3) is 5.31. The van der Waals surface area contributed by atoms with Crippen LogP contribution in [0, 0.1) is 10.1 Å². The number of nitro benzene ring substituents is 1. The standard InChI is InChI=1S/C26H26ClN5O4S/c27-22-6-2-3-19-20(22)4-1-5-21(19)25(33)28-26(37)31-11-9-29(10-12-31)18-7-8-23(32(34)35)24(17-18)30-13-15-36-16-14-30/h1-8,17H,9-16H2,(H,28,33,37). The fraction of sp³-hybridized carbons (Fsp3) is 0.308. The van der Waals surface area contributed by atoms with Gasteiger partial charge in [0.2, 0.25) is 0 Å². The highest BCUT2D eigenvalue weighted by Crippen LogP contribution is 2.33. The summed E-state index contributed by atoms with van der Waals surface area (Å²) in [6.45, 7) is 4.91. The molecule has 3 aromatic carbocycles. The predicted octanol–water partition coefficient (Wildman–Crippen LogP) is 4.07. The summed E-state index contributed by atoms with van der Waals surface area (Å²) in [4.78, 5) is 30.5. The zero-order valence-corrected chi connectivity index (χ0v) is 21.6. The van der Waals surface area contributed by atoms with Crippen LogP contribution in [0.3, 0.4) is 0 Å². The van der Waals surface area contributed by atoms with Crippen molar-refractivity contribution >= 4 is 62.7 Å². The maximum Gasteiger partial charge on any atom is 0.292 e. The summed E-state index contributed by atoms with van der Waals surface area (Å²) in [5.41, 5.74) is 2.16. The zero-order chi connectivity index (χ0) is 25.9. The summed E-state index contributed by atoms with van der Waals surface area (Å²) < 4.78 is 5.41. The van der Waals surface area contributed by atoms with Gasteiger partial charge in [-0.2, -0.15) is 0 Å². The number of amides is 1. The zero-order valence-electron chi connectivity index (χ0n) is 20.1. The Kier molecular flexibility index (Phi) is 7.40. The number of rotatable bonds is 4. The van der Waals surface area contributed by atoms with Crippen molar-refractivity contribution in [3.8, 4) is 0 Å². The Balaban J connectivity index is 1.24. The number of hydrogen-bond acceptors (Lipinski definition) is 7. The number of halogens is 1. The van der Waals surface area contributed by atoms with E-state index in [1.807, 2.05) is 34.1 Å². The van der Waals surface area contributed by atoms with Gasteiger partial charge in [-0.3, -0.25) is 20.2 Å². The van der Waals surface area contributed by atoms with Gasteiger partial charge >= 0.3 is 0 Å². The highest BCUT2D eigenvalue weighted by molar-refractivity contribution is 7.80. The summed E-state index contributed by atoms with van der Waals surface area (Å²) in [6, 6.07) is 16.2. The molecule has 2 aliphatic heterocycles. The molecule has 0 radical (unpaired) electrons. The van der Waals surface area contributed by atoms with E-state index in [0.29, 0.717) is 73.9 Å². The number of carbonyl (C=O) groups is 1. The summed E-state index contributed by atoms with van der Waals surface area (Å²) in [5, 5.41) is 17.0. The quantitative estimate of drug-likeness (QED) is 0.301. The molecule has 0 bridgehead atoms. The monoisotopic (exact) mass is 539 g/mol. The summed E-state index contributed by atoms with van der Waals surface area (Å²) in [6.07, 6.45) is 0. The van der Waals surface area contributed by atoms with Crippen LogP contribution in [0.5, 0.6) is 0 Å². The number of morpholine rings is 1. The minimum Gasteiger partial charge on any atom is -0.378 e. The van der Waals surface area contributed by atoms with Gasteiger partial charge in [0.15, 0.2) is 5.11 Å². The molecule has 1 amide bonds. The van der Waals surface area contributed by atoms with E-state index in [2.05, 4.69) is 10.2 Å². The number of thiocarbonyl (C=S) groups is 1. The third-order valence-electron chi connectivity index (χ3n) is 6.77. The van der Waals surface area contributed by atoms with Crippen LogP contribution in [0.1, 0.15) is 10.4 Å². The highest BCUT2D eigenvalue weighted by Gasteiger charge is 2.26. The summed E-state index contributed by atoms with van der Waals surface area (Å²) >= 11 is 11.9. The number of nitrogens with one attached hydrogen (secondary N) is 1. The average molecular weight is 540 g/mol. The van der Waals surface area contributed by atoms with Crippen LogP contribution in [0.15, 0.2) is 54.6 Å². The van der Waals surface area contributed by atoms with Crippen molar-refractivity contribution in [3.63, 3.8) is 0 Å². The van der Waals surface area contributed by atoms with E-state index in [9.17, 15) is 14.9 Å². The fourth-order valence-corrected chi connectivity index (χ4v) is 5.31. The molecule has 0 atom stereocenters. The Morgan fingerprint density at radius 1 is 0.946 bits per heavy atom. The van der Waals surface area contributed by atoms with Crippen molar-refractivity contribution in [2.24, 2.45) is 0 Å². The molecule has 2 saturated heterocycles. The first-order valence-electron chi connectivity index (χ1n) is 12.1. The Hall–Kier alpha value is -3.47. The molecule has 192 valence electrons. The normalized spacial score (nSPS) is 16.1. The van der Waals surface area contributed by atoms with Crippen molar-refractivity contribution < 1.29 is 14.5 Å². The molecule has 0 aliphatic carbocycles. The lowest BCUT2D eigenvalue weighted by Gasteiger charge is -2.37. The van der Waals surface area contributed by atoms with Gasteiger partial charge in [0.25, 0.3) is 11.6 Å². The molecule has 0 unspecified atom stereocenters. The number of benzene rings is 3. The molecule has 37 heavy (non-hydrogen) atoms. The maximum atomic E-state index is 13.0. The molecule has 3 aromatic rings. The summed E-state index contributed by atoms with van der Waals surface area (Å²) in [5.74, 6) is -0.272. The van der Waals surface area contributed by atoms with Gasteiger partial charge in [-0.05, 0) is 41.9 Å². The largest absolute Gasteiger partial charge is 0.378 e. The van der Waals surface area contributed by atoms with E-state index >= 15 is 0 Å². The van der Waals surface area contributed by atoms with E-state index < -0.39 is 0 Å². The fourth-order valence-electron chi connectivity index (χ4n) is 4.80. The average Bonchev–Trinajstić information content (AvgIpc) is 2.93. The van der Waals surface area contributed by atoms with Crippen molar-refractivity contribution in [2.75, 3.05) is 62.3 Å². The maximum absolute atomic E-state index is 13.0. The Bertz CT molecular complexity index is 1360. The molecule has 2 heterocycles. The first-order chi connectivity index (χ1) is 17.9. The Morgan fingerprint density at radius 2 is 1.65 bits per heavy atom. The SMILES string of the molecule is O=C(NC(=S)N1CCN(c2ccc([N+](=O)[O-])c(N3CCOCC3)c2)CC1)c1cccc2c(Cl)cccc12. The molecule has 2 aliphatic rings. The summed E-state index contributed by atoms with van der Waals surface area (Å²) in [7, 11) is 0. The van der Waals surface area contributed by atoms with E-state index in [1.54, 1.807) is 30.3 Å². The van der Waals surface area contributed by atoms with E-state index in [0.717, 1.165) is 16.5 Å². The smallest absolute Gasteiger partial charge is 0.292 e. The number of nitrogens with zero attached hydrogens (tertiary/aromatic N) is 4. The number of anilines is 2. The van der Waals surface area contributed by atoms with Crippen LogP contribution in [-0.4, -0.2) is 73.3 Å². The van der Waals surface area contributed by atoms with Crippen molar-refractivity contribution in [2.45, 2.75) is 0 Å². The lowest BCUT2D eigenvalue weighted by atomic mass is 10.0. The van der Waals surface area contributed by atoms with Gasteiger partial charge in [0.05, 0.1) is 18.1 Å². The highest BCUT2D eigenvalue weighted by atomic mass is 35.5. The first kappa shape index (κ1) is 25.2. The molecule has 0 spiro atoms. The van der Waals surface area contributed by atoms with Crippen LogP contribution in [-0.2, 0) is 4.74 Å². The molecule has 0 aromatic heterocycles. The molecule has 2 fully saturated rings. The van der Waals surface area contributed by atoms with Crippen LogP contribution >= 0.6 is 23.8 Å². The first-order valence-corrected chi connectivity index (χ1v) is 12.8. The predicted molar refractivity (Wildman–Crippen MR) is 149 cm³/mol. The molecule has 1 N–H and O–H groups in total. The Morgan fingerprint density at radius 3 is 2.38 bits per heavy atom. The van der Waals surface area contributed by atoms with Crippen LogP contribution in [0.4, 0.5) is 17.1 Å². The third-order valence-corrected chi connectivity index (χ3v) is 7.46. The number of ether oxygens (including phenoxy) is 1. The Labute approximate surface area is 224 Å². The minimum absolute atomic E-state index is 0.0999. The number of piperazine rings is 1. The van der Waals surface area contributed by atoms with Gasteiger partial charge in [-0.15, -0.1) is 0 Å². The van der Waals surface area contributed by atoms with Crippen molar-refractivity contribution in [1.29, 1.82) is 0 Å². The van der Waals surface area contributed by atoms with Gasteiger partial charge in [-0.25, -0.2) is 0 Å². The van der Waals surface area contributed by atoms with Crippen LogP contribution < -0.4 is 15.1 Å². The number of carbonyl (C=O) groups excluding carboxylic acids is 1. The second-order valence-corrected chi connectivity index (χ2v) is 9.70. The van der Waals surface area contributed by atoms with Gasteiger partial charge in [-0.1, -0.05) is 35.9 Å². The lowest BCUT2D eigenvalue weighted by molar-refractivity contribution is -0.384. The van der Waals surface area contributed by atoms with Crippen molar-refractivity contribution in [1.82, 2.24) is 10.2 Å². The van der Waals surface area contributed by atoms with Gasteiger partial charge < -0.3 is 19.4 Å². The molecular formula is C26H26ClN5O4S. The van der Waals surface area contributed by atoms with Crippen LogP contribution in [0.25, 0.3) is 10.8 Å². The van der Waals surface area contributed by atoms with E-state index in [1.165, 1.54) is 0 Å². The number of hydrogen-bond donors (Lipinski definition) is 1. The minimum atomic E-state index is -0.336. The second-order valence-electron chi connectivity index (χ2n) is 8.90. The lowest BCUT2D eigenvalue weighted by Crippen LogP contribution is -2.52. The number of fused-ring (bicyclic) bond motifs is 1. The van der Waals surface area contributed by atoms with Crippen LogP contribution in [0.2, 0.25) is 5.02 Å². The molecular weight excluding hydrogens is 514 g/mol. The second kappa shape index (κ2) is 10.9. The topological polar surface area (TPSA) is 91.2 Å². The van der Waals surface area contributed by atoms with Gasteiger partial charge in [0.1, 0.15) is 5.69 Å². The van der Waals surface area contributed by atoms with Gasteiger partial charge in [0, 0.05) is 67.0 Å². The number of nitro groups is 1. The molecule has 9 nitrogen and oxygen atoms in total. The van der Waals surface area contributed by atoms with E-state index in [-0.39, 0.29) is 16.5 Å². The van der Waals surface area contributed by atoms with E-state index in [4.69, 9.17) is 28.6 Å².